The number of nitrogens with one attached hydrogen (secondary N) is 1. The molecule has 21 heavy (non-hydrogen) atoms. The summed E-state index contributed by atoms with van der Waals surface area (Å²) in [6.45, 7) is 5.53. The summed E-state index contributed by atoms with van der Waals surface area (Å²) in [6.07, 6.45) is -4.30. The average molecular weight is 299 g/mol. The highest BCUT2D eigenvalue weighted by Gasteiger charge is 2.30. The third kappa shape index (κ3) is 6.05. The number of anilines is 1. The highest BCUT2D eigenvalue weighted by Crippen LogP contribution is 2.24. The normalized spacial score (nSPS) is 12.1. The molecule has 0 fully saturated rings. The summed E-state index contributed by atoms with van der Waals surface area (Å²) in [4.78, 5) is 1.04. The van der Waals surface area contributed by atoms with Crippen molar-refractivity contribution in [3.63, 3.8) is 0 Å². The quantitative estimate of drug-likeness (QED) is 0.925. The van der Waals surface area contributed by atoms with Gasteiger partial charge in [-0.1, -0.05) is 6.07 Å². The first-order chi connectivity index (χ1) is 9.52. The Morgan fingerprint density at radius 3 is 2.33 bits per heavy atom. The average Bonchev–Trinajstić information content (AvgIpc) is 2.33. The van der Waals surface area contributed by atoms with Gasteiger partial charge in [-0.3, -0.25) is 0 Å². The van der Waals surface area contributed by atoms with Crippen LogP contribution in [-0.2, 0) is 6.54 Å². The molecule has 0 spiro atoms. The molecule has 1 aromatic carbocycles. The number of rotatable bonds is 4. The number of hydrogen-bond donors (Lipinski definition) is 1. The molecule has 116 valence electrons. The second-order valence-corrected chi connectivity index (χ2v) is 6.04. The smallest absolute Gasteiger partial charge is 0.365 e. The van der Waals surface area contributed by atoms with Gasteiger partial charge in [0.05, 0.1) is 11.3 Å². The van der Waals surface area contributed by atoms with Gasteiger partial charge in [0.25, 0.3) is 0 Å². The number of halogens is 3. The molecule has 0 bridgehead atoms. The molecular formula is C15H20F3N3. The molecule has 1 rings (SSSR count). The second-order valence-electron chi connectivity index (χ2n) is 6.04. The van der Waals surface area contributed by atoms with Crippen molar-refractivity contribution >= 4 is 5.69 Å². The summed E-state index contributed by atoms with van der Waals surface area (Å²) in [5, 5.41) is 12.4. The van der Waals surface area contributed by atoms with Crippen LogP contribution in [0.1, 0.15) is 31.9 Å². The van der Waals surface area contributed by atoms with Crippen LogP contribution >= 0.6 is 0 Å². The van der Waals surface area contributed by atoms with Crippen molar-refractivity contribution in [3.8, 4) is 6.07 Å². The van der Waals surface area contributed by atoms with E-state index in [1.54, 1.807) is 18.2 Å². The zero-order valence-corrected chi connectivity index (χ0v) is 12.7. The zero-order valence-electron chi connectivity index (χ0n) is 12.7. The van der Waals surface area contributed by atoms with Crippen LogP contribution in [0.5, 0.6) is 0 Å². The van der Waals surface area contributed by atoms with Crippen LogP contribution in [0, 0.1) is 11.3 Å². The van der Waals surface area contributed by atoms with Gasteiger partial charge in [0, 0.05) is 19.1 Å². The Bertz CT molecular complexity index is 524. The van der Waals surface area contributed by atoms with Crippen molar-refractivity contribution in [2.75, 3.05) is 18.5 Å². The van der Waals surface area contributed by atoms with Crippen molar-refractivity contribution in [2.45, 2.75) is 39.0 Å². The Morgan fingerprint density at radius 2 is 1.86 bits per heavy atom. The van der Waals surface area contributed by atoms with Gasteiger partial charge in [-0.25, -0.2) is 0 Å². The Labute approximate surface area is 123 Å². The largest absolute Gasteiger partial charge is 0.405 e. The third-order valence-corrected chi connectivity index (χ3v) is 2.83. The van der Waals surface area contributed by atoms with Crippen molar-refractivity contribution in [1.29, 1.82) is 5.26 Å². The van der Waals surface area contributed by atoms with Gasteiger partial charge >= 0.3 is 6.18 Å². The lowest BCUT2D eigenvalue weighted by Gasteiger charge is -2.23. The predicted octanol–water partition coefficient (Wildman–Crippen LogP) is 3.44. The molecule has 1 aromatic rings. The van der Waals surface area contributed by atoms with E-state index in [4.69, 9.17) is 5.26 Å². The molecule has 0 aliphatic rings. The van der Waals surface area contributed by atoms with E-state index in [0.717, 1.165) is 10.5 Å². The zero-order chi connectivity index (χ0) is 16.3. The van der Waals surface area contributed by atoms with Gasteiger partial charge in [-0.15, -0.1) is 0 Å². The van der Waals surface area contributed by atoms with Gasteiger partial charge in [0.2, 0.25) is 0 Å². The van der Waals surface area contributed by atoms with E-state index in [1.165, 1.54) is 7.05 Å². The second kappa shape index (κ2) is 6.35. The van der Waals surface area contributed by atoms with Crippen molar-refractivity contribution in [2.24, 2.45) is 0 Å². The molecule has 0 heterocycles. The van der Waals surface area contributed by atoms with Gasteiger partial charge in [0.1, 0.15) is 12.6 Å². The summed E-state index contributed by atoms with van der Waals surface area (Å²) in [7, 11) is 1.33. The number of nitriles is 1. The molecule has 0 amide bonds. The summed E-state index contributed by atoms with van der Waals surface area (Å²) >= 11 is 0. The van der Waals surface area contributed by atoms with E-state index in [1.807, 2.05) is 26.8 Å². The molecule has 1 N–H and O–H groups in total. The molecule has 0 radical (unpaired) electrons. The summed E-state index contributed by atoms with van der Waals surface area (Å²) < 4.78 is 37.3. The highest BCUT2D eigenvalue weighted by molar-refractivity contribution is 5.60. The number of nitrogens with zero attached hydrogens (tertiary/aromatic N) is 2. The van der Waals surface area contributed by atoms with Crippen LogP contribution in [0.15, 0.2) is 18.2 Å². The first kappa shape index (κ1) is 17.3. The lowest BCUT2D eigenvalue weighted by molar-refractivity contribution is -0.119. The molecule has 0 saturated heterocycles. The monoisotopic (exact) mass is 299 g/mol. The van der Waals surface area contributed by atoms with E-state index in [0.29, 0.717) is 6.54 Å². The Kier molecular flexibility index (Phi) is 5.24. The molecule has 0 aromatic heterocycles. The molecule has 0 aliphatic carbocycles. The van der Waals surface area contributed by atoms with E-state index < -0.39 is 12.7 Å². The SMILES string of the molecule is CN(CC(F)(F)F)c1ccc(CNC(C)(C)C)cc1C#N. The van der Waals surface area contributed by atoms with Crippen molar-refractivity contribution in [1.82, 2.24) is 5.32 Å². The fraction of sp³-hybridized carbons (Fsp3) is 0.533. The lowest BCUT2D eigenvalue weighted by atomic mass is 10.1. The fourth-order valence-corrected chi connectivity index (χ4v) is 1.84. The predicted molar refractivity (Wildman–Crippen MR) is 77.1 cm³/mol. The van der Waals surface area contributed by atoms with Gasteiger partial charge in [-0.05, 0) is 38.5 Å². The number of hydrogen-bond acceptors (Lipinski definition) is 3. The standard InChI is InChI=1S/C15H20F3N3/c1-14(2,3)20-9-11-5-6-13(12(7-11)8-19)21(4)10-15(16,17)18/h5-7,20H,9-10H2,1-4H3. The summed E-state index contributed by atoms with van der Waals surface area (Å²) in [5.41, 5.74) is 1.33. The third-order valence-electron chi connectivity index (χ3n) is 2.83. The fourth-order valence-electron chi connectivity index (χ4n) is 1.84. The first-order valence-corrected chi connectivity index (χ1v) is 6.58. The van der Waals surface area contributed by atoms with E-state index >= 15 is 0 Å². The molecule has 0 unspecified atom stereocenters. The minimum absolute atomic E-state index is 0.0709. The van der Waals surface area contributed by atoms with E-state index in [9.17, 15) is 13.2 Å². The Morgan fingerprint density at radius 1 is 1.24 bits per heavy atom. The maximum absolute atomic E-state index is 12.4. The van der Waals surface area contributed by atoms with Crippen molar-refractivity contribution < 1.29 is 13.2 Å². The minimum Gasteiger partial charge on any atom is -0.365 e. The Balaban J connectivity index is 2.92. The molecule has 0 atom stereocenters. The van der Waals surface area contributed by atoms with E-state index in [-0.39, 0.29) is 16.8 Å². The van der Waals surface area contributed by atoms with Crippen LogP contribution in [0.3, 0.4) is 0 Å². The van der Waals surface area contributed by atoms with Crippen LogP contribution in [-0.4, -0.2) is 25.3 Å². The summed E-state index contributed by atoms with van der Waals surface area (Å²) in [6, 6.07) is 6.89. The summed E-state index contributed by atoms with van der Waals surface area (Å²) in [5.74, 6) is 0. The molecule has 0 aliphatic heterocycles. The van der Waals surface area contributed by atoms with Gasteiger partial charge < -0.3 is 10.2 Å². The molecule has 0 saturated carbocycles. The van der Waals surface area contributed by atoms with Crippen LogP contribution in [0.25, 0.3) is 0 Å². The topological polar surface area (TPSA) is 39.1 Å². The number of alkyl halides is 3. The Hall–Kier alpha value is -1.74. The lowest BCUT2D eigenvalue weighted by Crippen LogP contribution is -2.35. The minimum atomic E-state index is -4.30. The maximum Gasteiger partial charge on any atom is 0.405 e. The van der Waals surface area contributed by atoms with Crippen LogP contribution in [0.4, 0.5) is 18.9 Å². The highest BCUT2D eigenvalue weighted by atomic mass is 19.4. The molecule has 3 nitrogen and oxygen atoms in total. The number of benzene rings is 1. The first-order valence-electron chi connectivity index (χ1n) is 6.58. The van der Waals surface area contributed by atoms with Crippen LogP contribution < -0.4 is 10.2 Å². The van der Waals surface area contributed by atoms with Crippen molar-refractivity contribution in [3.05, 3.63) is 29.3 Å². The van der Waals surface area contributed by atoms with E-state index in [2.05, 4.69) is 5.32 Å². The maximum atomic E-state index is 12.4. The van der Waals surface area contributed by atoms with Gasteiger partial charge in [0.15, 0.2) is 0 Å². The molecular weight excluding hydrogens is 279 g/mol. The van der Waals surface area contributed by atoms with Crippen LogP contribution in [0.2, 0.25) is 0 Å². The molecule has 6 heteroatoms. The van der Waals surface area contributed by atoms with Gasteiger partial charge in [-0.2, -0.15) is 18.4 Å².